The van der Waals surface area contributed by atoms with Crippen LogP contribution in [0.4, 0.5) is 0 Å². The smallest absolute Gasteiger partial charge is 0.334 e. The number of amides is 1. The van der Waals surface area contributed by atoms with E-state index in [1.54, 1.807) is 19.1 Å². The van der Waals surface area contributed by atoms with Crippen LogP contribution in [0.25, 0.3) is 0 Å². The molecule has 23 heavy (non-hydrogen) atoms. The number of carbonyl (C=O) groups excluding carboxylic acids is 1. The van der Waals surface area contributed by atoms with Gasteiger partial charge in [0, 0.05) is 19.2 Å². The van der Waals surface area contributed by atoms with Crippen LogP contribution in [0.3, 0.4) is 0 Å². The summed E-state index contributed by atoms with van der Waals surface area (Å²) in [6.07, 6.45) is -1.11. The van der Waals surface area contributed by atoms with E-state index in [2.05, 4.69) is 10.0 Å². The van der Waals surface area contributed by atoms with E-state index < -0.39 is 28.0 Å². The van der Waals surface area contributed by atoms with Gasteiger partial charge >= 0.3 is 5.97 Å². The molecule has 0 aliphatic rings. The summed E-state index contributed by atoms with van der Waals surface area (Å²) in [7, 11) is -2.03. The average molecular weight is 344 g/mol. The molecule has 8 nitrogen and oxygen atoms in total. The first kappa shape index (κ1) is 19.1. The highest BCUT2D eigenvalue weighted by Gasteiger charge is 2.17. The van der Waals surface area contributed by atoms with Crippen LogP contribution in [-0.4, -0.2) is 50.9 Å². The van der Waals surface area contributed by atoms with Crippen LogP contribution in [0.15, 0.2) is 24.3 Å². The highest BCUT2D eigenvalue weighted by atomic mass is 32.2. The van der Waals surface area contributed by atoms with E-state index in [-0.39, 0.29) is 18.8 Å². The van der Waals surface area contributed by atoms with E-state index in [9.17, 15) is 18.0 Å². The maximum Gasteiger partial charge on any atom is 0.334 e. The quantitative estimate of drug-likeness (QED) is 0.578. The zero-order chi connectivity index (χ0) is 17.5. The zero-order valence-electron chi connectivity index (χ0n) is 12.9. The van der Waals surface area contributed by atoms with E-state index in [0.29, 0.717) is 11.1 Å². The fourth-order valence-corrected chi connectivity index (χ4v) is 2.22. The van der Waals surface area contributed by atoms with Crippen LogP contribution >= 0.6 is 0 Å². The van der Waals surface area contributed by atoms with Crippen molar-refractivity contribution in [3.8, 4) is 0 Å². The number of carboxylic acids is 1. The summed E-state index contributed by atoms with van der Waals surface area (Å²) in [5.41, 5.74) is 1.05. The Morgan fingerprint density at radius 2 is 1.87 bits per heavy atom. The Bertz CT molecular complexity index is 642. The summed E-state index contributed by atoms with van der Waals surface area (Å²) < 4.78 is 29.8. The van der Waals surface area contributed by atoms with Crippen molar-refractivity contribution in [3.63, 3.8) is 0 Å². The van der Waals surface area contributed by atoms with Crippen LogP contribution in [0.2, 0.25) is 0 Å². The molecule has 128 valence electrons. The second-order valence-electron chi connectivity index (χ2n) is 4.69. The third kappa shape index (κ3) is 6.35. The van der Waals surface area contributed by atoms with Crippen molar-refractivity contribution < 1.29 is 27.9 Å². The average Bonchev–Trinajstić information content (AvgIpc) is 2.53. The minimum Gasteiger partial charge on any atom is -0.479 e. The number of methoxy groups -OCH3 is 1. The van der Waals surface area contributed by atoms with Crippen LogP contribution in [0, 0.1) is 0 Å². The fraction of sp³-hybridized carbons (Fsp3) is 0.429. The second-order valence-corrected chi connectivity index (χ2v) is 6.79. The van der Waals surface area contributed by atoms with Crippen LogP contribution < -0.4 is 10.0 Å². The molecule has 1 aromatic carbocycles. The van der Waals surface area contributed by atoms with Gasteiger partial charge in [0.2, 0.25) is 10.0 Å². The van der Waals surface area contributed by atoms with Gasteiger partial charge in [0.15, 0.2) is 6.10 Å². The van der Waals surface area contributed by atoms with Gasteiger partial charge in [-0.05, 0) is 24.6 Å². The molecule has 0 heterocycles. The van der Waals surface area contributed by atoms with Gasteiger partial charge in [-0.15, -0.1) is 0 Å². The van der Waals surface area contributed by atoms with Crippen molar-refractivity contribution in [2.45, 2.75) is 19.6 Å². The molecule has 0 bridgehead atoms. The van der Waals surface area contributed by atoms with Gasteiger partial charge in [-0.1, -0.05) is 12.1 Å². The lowest BCUT2D eigenvalue weighted by molar-refractivity contribution is -0.148. The number of sulfonamides is 1. The molecular weight excluding hydrogens is 324 g/mol. The van der Waals surface area contributed by atoms with E-state index in [1.807, 2.05) is 0 Å². The molecule has 1 unspecified atom stereocenters. The number of hydrogen-bond acceptors (Lipinski definition) is 5. The van der Waals surface area contributed by atoms with Crippen molar-refractivity contribution in [1.82, 2.24) is 10.0 Å². The Hall–Kier alpha value is -1.97. The van der Waals surface area contributed by atoms with Crippen molar-refractivity contribution in [2.75, 3.05) is 19.4 Å². The standard InChI is InChI=1S/C14H20N2O6S/c1-3-23(20,21)16-8-10-4-6-11(7-5-10)13(17)15-9-12(22-2)14(18)19/h4-7,12,16H,3,8-9H2,1-2H3,(H,15,17)(H,18,19). The van der Waals surface area contributed by atoms with Gasteiger partial charge in [0.25, 0.3) is 5.91 Å². The topological polar surface area (TPSA) is 122 Å². The Balaban J connectivity index is 2.59. The third-order valence-electron chi connectivity index (χ3n) is 3.10. The lowest BCUT2D eigenvalue weighted by atomic mass is 10.1. The van der Waals surface area contributed by atoms with Gasteiger partial charge in [-0.3, -0.25) is 4.79 Å². The van der Waals surface area contributed by atoms with E-state index >= 15 is 0 Å². The van der Waals surface area contributed by atoms with Crippen molar-refractivity contribution in [2.24, 2.45) is 0 Å². The summed E-state index contributed by atoms with van der Waals surface area (Å²) in [6, 6.07) is 6.32. The summed E-state index contributed by atoms with van der Waals surface area (Å²) in [5.74, 6) is -1.60. The SMILES string of the molecule is CCS(=O)(=O)NCc1ccc(C(=O)NCC(OC)C(=O)O)cc1. The van der Waals surface area contributed by atoms with E-state index in [0.717, 1.165) is 0 Å². The van der Waals surface area contributed by atoms with Gasteiger partial charge < -0.3 is 15.2 Å². The molecule has 1 atom stereocenters. The van der Waals surface area contributed by atoms with Crippen molar-refractivity contribution in [3.05, 3.63) is 35.4 Å². The fourth-order valence-electron chi connectivity index (χ4n) is 1.63. The predicted molar refractivity (Wildman–Crippen MR) is 83.5 cm³/mol. The number of carbonyl (C=O) groups is 2. The minimum atomic E-state index is -3.27. The number of ether oxygens (including phenoxy) is 1. The normalized spacial score (nSPS) is 12.6. The molecule has 0 aliphatic carbocycles. The molecule has 9 heteroatoms. The summed E-state index contributed by atoms with van der Waals surface area (Å²) >= 11 is 0. The maximum absolute atomic E-state index is 11.9. The first-order chi connectivity index (χ1) is 10.8. The molecule has 0 saturated carbocycles. The number of nitrogens with one attached hydrogen (secondary N) is 2. The first-order valence-corrected chi connectivity index (χ1v) is 8.54. The molecule has 3 N–H and O–H groups in total. The summed E-state index contributed by atoms with van der Waals surface area (Å²) in [6.45, 7) is 1.53. The second kappa shape index (κ2) is 8.61. The van der Waals surface area contributed by atoms with Crippen LogP contribution in [0.1, 0.15) is 22.8 Å². The number of benzene rings is 1. The Morgan fingerprint density at radius 3 is 2.35 bits per heavy atom. The number of carboxylic acid groups (broad SMARTS) is 1. The Labute approximate surface area is 134 Å². The van der Waals surface area contributed by atoms with E-state index in [1.165, 1.54) is 19.2 Å². The molecule has 0 radical (unpaired) electrons. The van der Waals surface area contributed by atoms with Gasteiger partial charge in [-0.2, -0.15) is 0 Å². The largest absolute Gasteiger partial charge is 0.479 e. The Kier molecular flexibility index (Phi) is 7.14. The molecule has 0 aromatic heterocycles. The lowest BCUT2D eigenvalue weighted by Gasteiger charge is -2.11. The zero-order valence-corrected chi connectivity index (χ0v) is 13.7. The molecule has 0 spiro atoms. The van der Waals surface area contributed by atoms with E-state index in [4.69, 9.17) is 9.84 Å². The van der Waals surface area contributed by atoms with Gasteiger partial charge in [-0.25, -0.2) is 17.9 Å². The molecule has 1 rings (SSSR count). The lowest BCUT2D eigenvalue weighted by Crippen LogP contribution is -2.37. The molecule has 0 saturated heterocycles. The highest BCUT2D eigenvalue weighted by molar-refractivity contribution is 7.89. The predicted octanol–water partition coefficient (Wildman–Crippen LogP) is -0.0447. The van der Waals surface area contributed by atoms with Crippen molar-refractivity contribution in [1.29, 1.82) is 0 Å². The minimum absolute atomic E-state index is 0.00225. The van der Waals surface area contributed by atoms with Gasteiger partial charge in [0.05, 0.1) is 12.3 Å². The number of rotatable bonds is 9. The number of aliphatic carboxylic acids is 1. The highest BCUT2D eigenvalue weighted by Crippen LogP contribution is 2.05. The number of hydrogen-bond donors (Lipinski definition) is 3. The van der Waals surface area contributed by atoms with Gasteiger partial charge in [0.1, 0.15) is 0 Å². The molecule has 1 amide bonds. The summed E-state index contributed by atoms with van der Waals surface area (Å²) in [4.78, 5) is 22.7. The maximum atomic E-state index is 11.9. The summed E-state index contributed by atoms with van der Waals surface area (Å²) in [5, 5.41) is 11.3. The monoisotopic (exact) mass is 344 g/mol. The third-order valence-corrected chi connectivity index (χ3v) is 4.44. The molecule has 0 fully saturated rings. The first-order valence-electron chi connectivity index (χ1n) is 6.89. The van der Waals surface area contributed by atoms with Crippen molar-refractivity contribution >= 4 is 21.9 Å². The Morgan fingerprint density at radius 1 is 1.26 bits per heavy atom. The van der Waals surface area contributed by atoms with Crippen LogP contribution in [-0.2, 0) is 26.1 Å². The molecule has 1 aromatic rings. The van der Waals surface area contributed by atoms with Crippen LogP contribution in [0.5, 0.6) is 0 Å². The molecular formula is C14H20N2O6S. The molecule has 0 aliphatic heterocycles.